The van der Waals surface area contributed by atoms with Gasteiger partial charge in [0.1, 0.15) is 5.60 Å². The maximum Gasteiger partial charge on any atom is 0.418 e. The van der Waals surface area contributed by atoms with Gasteiger partial charge in [0.05, 0.1) is 9.73 Å². The molecule has 0 fully saturated rings. The zero-order chi connectivity index (χ0) is 11.7. The molecule has 0 saturated heterocycles. The topological polar surface area (TPSA) is 70.5 Å². The number of ether oxygens (including phenoxy) is 1. The van der Waals surface area contributed by atoms with Crippen LogP contribution in [0.15, 0.2) is 23.2 Å². The van der Waals surface area contributed by atoms with Crippen LogP contribution >= 0.6 is 0 Å². The van der Waals surface area contributed by atoms with Crippen LogP contribution in [-0.4, -0.2) is 20.8 Å². The van der Waals surface area contributed by atoms with Gasteiger partial charge in [-0.3, -0.25) is 4.90 Å². The van der Waals surface area contributed by atoms with Crippen molar-refractivity contribution in [3.63, 3.8) is 0 Å². The standard InChI is InChI=1S/C9H14N2O3S/c1-9(2,3)14-8(12)11-4-6-15(10,13)7-5-11/h4-7,10H,1-3H3. The fraction of sp³-hybridized carbons (Fsp3) is 0.444. The first-order chi connectivity index (χ1) is 6.70. The minimum atomic E-state index is -2.80. The highest BCUT2D eigenvalue weighted by atomic mass is 32.2. The van der Waals surface area contributed by atoms with Gasteiger partial charge in [-0.15, -0.1) is 0 Å². The van der Waals surface area contributed by atoms with Gasteiger partial charge in [0.2, 0.25) is 0 Å². The zero-order valence-electron chi connectivity index (χ0n) is 8.89. The maximum atomic E-state index is 11.5. The normalized spacial score (nSPS) is 19.0. The second kappa shape index (κ2) is 3.69. The van der Waals surface area contributed by atoms with Crippen LogP contribution in [0.4, 0.5) is 4.79 Å². The summed E-state index contributed by atoms with van der Waals surface area (Å²) < 4.78 is 23.5. The number of rotatable bonds is 0. The number of amides is 1. The molecule has 15 heavy (non-hydrogen) atoms. The average Bonchev–Trinajstić information content (AvgIpc) is 2.00. The summed E-state index contributed by atoms with van der Waals surface area (Å²) in [5.41, 5.74) is -0.571. The highest BCUT2D eigenvalue weighted by Gasteiger charge is 2.21. The molecule has 0 aromatic heterocycles. The van der Waals surface area contributed by atoms with E-state index >= 15 is 0 Å². The van der Waals surface area contributed by atoms with Crippen molar-refractivity contribution >= 4 is 15.8 Å². The minimum absolute atomic E-state index is 0.551. The molecule has 0 spiro atoms. The largest absolute Gasteiger partial charge is 0.443 e. The van der Waals surface area contributed by atoms with Crippen molar-refractivity contribution in [3.05, 3.63) is 23.2 Å². The molecule has 0 aromatic carbocycles. The minimum Gasteiger partial charge on any atom is -0.443 e. The van der Waals surface area contributed by atoms with E-state index in [0.29, 0.717) is 0 Å². The zero-order valence-corrected chi connectivity index (χ0v) is 9.71. The van der Waals surface area contributed by atoms with E-state index in [1.807, 2.05) is 0 Å². The molecule has 84 valence electrons. The van der Waals surface area contributed by atoms with Crippen LogP contribution in [0.25, 0.3) is 0 Å². The molecule has 5 nitrogen and oxygen atoms in total. The summed E-state index contributed by atoms with van der Waals surface area (Å²) in [6, 6.07) is 0. The van der Waals surface area contributed by atoms with Crippen LogP contribution in [0, 0.1) is 4.78 Å². The number of hydrogen-bond donors (Lipinski definition) is 1. The molecule has 0 aromatic rings. The van der Waals surface area contributed by atoms with Gasteiger partial charge in [0, 0.05) is 23.2 Å². The number of hydrogen-bond acceptors (Lipinski definition) is 4. The van der Waals surface area contributed by atoms with Crippen molar-refractivity contribution in [1.82, 2.24) is 4.90 Å². The molecule has 0 radical (unpaired) electrons. The number of carbonyl (C=O) groups excluding carboxylic acids is 1. The molecule has 0 bridgehead atoms. The van der Waals surface area contributed by atoms with E-state index in [0.717, 1.165) is 15.7 Å². The molecular formula is C9H14N2O3S. The third-order valence-electron chi connectivity index (χ3n) is 1.45. The predicted octanol–water partition coefficient (Wildman–Crippen LogP) is 2.23. The monoisotopic (exact) mass is 230 g/mol. The van der Waals surface area contributed by atoms with Crippen molar-refractivity contribution < 1.29 is 13.7 Å². The van der Waals surface area contributed by atoms with Crippen molar-refractivity contribution in [2.75, 3.05) is 0 Å². The summed E-state index contributed by atoms with van der Waals surface area (Å²) in [5, 5.41) is 2.33. The molecule has 1 amide bonds. The molecular weight excluding hydrogens is 216 g/mol. The third-order valence-corrected chi connectivity index (χ3v) is 2.50. The molecule has 1 rings (SSSR count). The number of nitrogens with one attached hydrogen (secondary N) is 1. The molecule has 6 heteroatoms. The predicted molar refractivity (Wildman–Crippen MR) is 57.2 cm³/mol. The Kier molecular flexibility index (Phi) is 2.90. The van der Waals surface area contributed by atoms with Crippen molar-refractivity contribution in [1.29, 1.82) is 4.78 Å². The Morgan fingerprint density at radius 2 is 1.80 bits per heavy atom. The summed E-state index contributed by atoms with van der Waals surface area (Å²) in [4.78, 5) is 12.6. The van der Waals surface area contributed by atoms with Gasteiger partial charge < -0.3 is 4.74 Å². The summed E-state index contributed by atoms with van der Waals surface area (Å²) in [5.74, 6) is 0. The number of carbonyl (C=O) groups is 1. The van der Waals surface area contributed by atoms with Crippen LogP contribution < -0.4 is 0 Å². The highest BCUT2D eigenvalue weighted by molar-refractivity contribution is 7.98. The SMILES string of the molecule is CC(C)(C)OC(=O)N1C=CS(=N)(=O)C=C1. The maximum absolute atomic E-state index is 11.5. The second-order valence-electron chi connectivity index (χ2n) is 4.11. The Hall–Kier alpha value is -1.30. The van der Waals surface area contributed by atoms with Crippen molar-refractivity contribution in [2.24, 2.45) is 0 Å². The lowest BCUT2D eigenvalue weighted by Crippen LogP contribution is -2.31. The van der Waals surface area contributed by atoms with Crippen LogP contribution in [0.3, 0.4) is 0 Å². The van der Waals surface area contributed by atoms with Gasteiger partial charge in [-0.25, -0.2) is 13.8 Å². The van der Waals surface area contributed by atoms with E-state index < -0.39 is 21.4 Å². The summed E-state index contributed by atoms with van der Waals surface area (Å²) in [7, 11) is -2.80. The lowest BCUT2D eigenvalue weighted by atomic mass is 10.2. The Morgan fingerprint density at radius 3 is 2.20 bits per heavy atom. The highest BCUT2D eigenvalue weighted by Crippen LogP contribution is 2.14. The van der Waals surface area contributed by atoms with Crippen LogP contribution in [0.5, 0.6) is 0 Å². The van der Waals surface area contributed by atoms with Gasteiger partial charge >= 0.3 is 6.09 Å². The van der Waals surface area contributed by atoms with E-state index in [1.165, 1.54) is 12.4 Å². The molecule has 0 atom stereocenters. The van der Waals surface area contributed by atoms with E-state index in [2.05, 4.69) is 0 Å². The Bertz CT molecular complexity index is 395. The first kappa shape index (κ1) is 11.8. The fourth-order valence-electron chi connectivity index (χ4n) is 0.843. The van der Waals surface area contributed by atoms with Gasteiger partial charge in [0.15, 0.2) is 0 Å². The first-order valence-corrected chi connectivity index (χ1v) is 6.05. The van der Waals surface area contributed by atoms with Gasteiger partial charge in [0.25, 0.3) is 0 Å². The van der Waals surface area contributed by atoms with Crippen LogP contribution in [-0.2, 0) is 14.5 Å². The Balaban J connectivity index is 2.70. The molecule has 1 aliphatic heterocycles. The molecule has 1 N–H and O–H groups in total. The quantitative estimate of drug-likeness (QED) is 0.693. The van der Waals surface area contributed by atoms with Crippen LogP contribution in [0.1, 0.15) is 20.8 Å². The third kappa shape index (κ3) is 3.75. The van der Waals surface area contributed by atoms with Crippen molar-refractivity contribution in [2.45, 2.75) is 26.4 Å². The number of nitrogens with zero attached hydrogens (tertiary/aromatic N) is 1. The van der Waals surface area contributed by atoms with Crippen molar-refractivity contribution in [3.8, 4) is 0 Å². The lowest BCUT2D eigenvalue weighted by Gasteiger charge is -2.24. The average molecular weight is 230 g/mol. The summed E-state index contributed by atoms with van der Waals surface area (Å²) in [6.45, 7) is 5.28. The first-order valence-electron chi connectivity index (χ1n) is 4.36. The lowest BCUT2D eigenvalue weighted by molar-refractivity contribution is 0.0400. The van der Waals surface area contributed by atoms with E-state index in [4.69, 9.17) is 9.52 Å². The molecule has 0 unspecified atom stereocenters. The fourth-order valence-corrected chi connectivity index (χ4v) is 1.56. The van der Waals surface area contributed by atoms with E-state index in [1.54, 1.807) is 20.8 Å². The summed E-state index contributed by atoms with van der Waals surface area (Å²) >= 11 is 0. The molecule has 1 heterocycles. The van der Waals surface area contributed by atoms with Gasteiger partial charge in [-0.05, 0) is 20.8 Å². The molecule has 1 aliphatic rings. The Labute approximate surface area is 89.4 Å². The Morgan fingerprint density at radius 1 is 1.33 bits per heavy atom. The second-order valence-corrected chi connectivity index (χ2v) is 5.94. The smallest absolute Gasteiger partial charge is 0.418 e. The summed E-state index contributed by atoms with van der Waals surface area (Å²) in [6.07, 6.45) is 2.01. The van der Waals surface area contributed by atoms with Gasteiger partial charge in [-0.1, -0.05) is 0 Å². The molecule has 0 saturated carbocycles. The molecule has 0 aliphatic carbocycles. The van der Waals surface area contributed by atoms with Crippen LogP contribution in [0.2, 0.25) is 0 Å². The van der Waals surface area contributed by atoms with E-state index in [-0.39, 0.29) is 0 Å². The van der Waals surface area contributed by atoms with E-state index in [9.17, 15) is 9.00 Å². The van der Waals surface area contributed by atoms with Gasteiger partial charge in [-0.2, -0.15) is 0 Å².